The van der Waals surface area contributed by atoms with Gasteiger partial charge < -0.3 is 10.2 Å². The first-order valence-electron chi connectivity index (χ1n) is 5.23. The van der Waals surface area contributed by atoms with E-state index in [1.54, 1.807) is 11.3 Å². The molecule has 1 fully saturated rings. The molecule has 84 valence electrons. The molecule has 1 aromatic heterocycles. The second-order valence-corrected chi connectivity index (χ2v) is 6.17. The summed E-state index contributed by atoms with van der Waals surface area (Å²) in [5, 5.41) is 22.2. The Hall–Kier alpha value is 0.1000. The van der Waals surface area contributed by atoms with E-state index in [2.05, 4.69) is 15.9 Å². The lowest BCUT2D eigenvalue weighted by Crippen LogP contribution is -2.40. The Morgan fingerprint density at radius 1 is 1.47 bits per heavy atom. The van der Waals surface area contributed by atoms with Gasteiger partial charge in [-0.15, -0.1) is 11.3 Å². The quantitative estimate of drug-likeness (QED) is 0.899. The van der Waals surface area contributed by atoms with Crippen LogP contribution in [0, 0.1) is 0 Å². The van der Waals surface area contributed by atoms with E-state index in [4.69, 9.17) is 0 Å². The van der Waals surface area contributed by atoms with Gasteiger partial charge in [-0.2, -0.15) is 0 Å². The SMILES string of the molecule is OC(Cc1cc(Br)cs1)C1(O)CCCC1. The van der Waals surface area contributed by atoms with E-state index in [0.29, 0.717) is 6.42 Å². The molecule has 2 rings (SSSR count). The molecule has 1 aromatic rings. The third-order valence-corrected chi connectivity index (χ3v) is 4.83. The number of hydrogen-bond acceptors (Lipinski definition) is 3. The Bertz CT molecular complexity index is 331. The highest BCUT2D eigenvalue weighted by Gasteiger charge is 2.38. The zero-order valence-corrected chi connectivity index (χ0v) is 10.9. The second-order valence-electron chi connectivity index (χ2n) is 4.26. The summed E-state index contributed by atoms with van der Waals surface area (Å²) < 4.78 is 1.05. The van der Waals surface area contributed by atoms with Crippen molar-refractivity contribution in [3.8, 4) is 0 Å². The Balaban J connectivity index is 1.99. The first-order valence-corrected chi connectivity index (χ1v) is 6.91. The summed E-state index contributed by atoms with van der Waals surface area (Å²) in [5.41, 5.74) is -0.837. The average molecular weight is 291 g/mol. The molecule has 15 heavy (non-hydrogen) atoms. The summed E-state index contributed by atoms with van der Waals surface area (Å²) in [6, 6.07) is 2.01. The summed E-state index contributed by atoms with van der Waals surface area (Å²) in [6.07, 6.45) is 3.47. The van der Waals surface area contributed by atoms with Crippen LogP contribution in [0.1, 0.15) is 30.6 Å². The number of hydrogen-bond donors (Lipinski definition) is 2. The Morgan fingerprint density at radius 2 is 2.13 bits per heavy atom. The van der Waals surface area contributed by atoms with Crippen molar-refractivity contribution < 1.29 is 10.2 Å². The molecule has 0 radical (unpaired) electrons. The van der Waals surface area contributed by atoms with Crippen LogP contribution in [-0.4, -0.2) is 21.9 Å². The van der Waals surface area contributed by atoms with E-state index in [-0.39, 0.29) is 0 Å². The van der Waals surface area contributed by atoms with Crippen LogP contribution in [0.3, 0.4) is 0 Å². The smallest absolute Gasteiger partial charge is 0.0909 e. The van der Waals surface area contributed by atoms with Crippen LogP contribution in [0.25, 0.3) is 0 Å². The molecular formula is C11H15BrO2S. The first-order chi connectivity index (χ1) is 7.10. The molecule has 1 atom stereocenters. The highest BCUT2D eigenvalue weighted by atomic mass is 79.9. The van der Waals surface area contributed by atoms with Crippen molar-refractivity contribution in [1.82, 2.24) is 0 Å². The van der Waals surface area contributed by atoms with Crippen molar-refractivity contribution in [3.05, 3.63) is 20.8 Å². The number of aliphatic hydroxyl groups is 2. The predicted molar refractivity (Wildman–Crippen MR) is 65.1 cm³/mol. The van der Waals surface area contributed by atoms with Crippen LogP contribution in [0.4, 0.5) is 0 Å². The number of rotatable bonds is 3. The normalized spacial score (nSPS) is 21.8. The summed E-state index contributed by atoms with van der Waals surface area (Å²) in [7, 11) is 0. The molecule has 2 nitrogen and oxygen atoms in total. The van der Waals surface area contributed by atoms with Gasteiger partial charge in [0.2, 0.25) is 0 Å². The minimum atomic E-state index is -0.837. The van der Waals surface area contributed by atoms with E-state index in [1.165, 1.54) is 0 Å². The summed E-state index contributed by atoms with van der Waals surface area (Å²) >= 11 is 5.00. The number of halogens is 1. The standard InChI is InChI=1S/C11H15BrO2S/c12-8-5-9(15-7-8)6-10(13)11(14)3-1-2-4-11/h5,7,10,13-14H,1-4,6H2. The molecule has 0 aliphatic heterocycles. The zero-order valence-electron chi connectivity index (χ0n) is 8.45. The molecule has 0 saturated heterocycles. The Labute approximate surface area is 102 Å². The van der Waals surface area contributed by atoms with Crippen molar-refractivity contribution in [2.24, 2.45) is 0 Å². The maximum absolute atomic E-state index is 10.2. The van der Waals surface area contributed by atoms with E-state index in [1.807, 2.05) is 11.4 Å². The van der Waals surface area contributed by atoms with Gasteiger partial charge in [0, 0.05) is 21.2 Å². The number of aliphatic hydroxyl groups excluding tert-OH is 1. The van der Waals surface area contributed by atoms with E-state index < -0.39 is 11.7 Å². The molecule has 0 spiro atoms. The molecular weight excluding hydrogens is 276 g/mol. The average Bonchev–Trinajstić information content (AvgIpc) is 2.76. The summed E-state index contributed by atoms with van der Waals surface area (Å²) in [4.78, 5) is 1.12. The van der Waals surface area contributed by atoms with Crippen LogP contribution >= 0.6 is 27.3 Å². The summed E-state index contributed by atoms with van der Waals surface area (Å²) in [6.45, 7) is 0. The largest absolute Gasteiger partial charge is 0.390 e. The van der Waals surface area contributed by atoms with Crippen molar-refractivity contribution in [1.29, 1.82) is 0 Å². The monoisotopic (exact) mass is 290 g/mol. The fraction of sp³-hybridized carbons (Fsp3) is 0.636. The summed E-state index contributed by atoms with van der Waals surface area (Å²) in [5.74, 6) is 0. The highest BCUT2D eigenvalue weighted by Crippen LogP contribution is 2.34. The van der Waals surface area contributed by atoms with Crippen LogP contribution in [0.2, 0.25) is 0 Å². The van der Waals surface area contributed by atoms with Gasteiger partial charge in [0.05, 0.1) is 11.7 Å². The Kier molecular flexibility index (Phi) is 3.50. The molecule has 2 N–H and O–H groups in total. The zero-order chi connectivity index (χ0) is 10.9. The molecule has 0 amide bonds. The third-order valence-electron chi connectivity index (χ3n) is 3.11. The molecule has 0 bridgehead atoms. The van der Waals surface area contributed by atoms with Gasteiger partial charge in [0.15, 0.2) is 0 Å². The van der Waals surface area contributed by atoms with Crippen molar-refractivity contribution in [2.75, 3.05) is 0 Å². The van der Waals surface area contributed by atoms with Crippen molar-refractivity contribution in [2.45, 2.75) is 43.8 Å². The predicted octanol–water partition coefficient (Wildman–Crippen LogP) is 2.72. The third kappa shape index (κ3) is 2.61. The van der Waals surface area contributed by atoms with E-state index in [9.17, 15) is 10.2 Å². The molecule has 1 unspecified atom stereocenters. The maximum Gasteiger partial charge on any atom is 0.0909 e. The maximum atomic E-state index is 10.2. The van der Waals surface area contributed by atoms with Gasteiger partial charge in [-0.25, -0.2) is 0 Å². The lowest BCUT2D eigenvalue weighted by atomic mass is 9.92. The van der Waals surface area contributed by atoms with Crippen molar-refractivity contribution >= 4 is 27.3 Å². The fourth-order valence-corrected chi connectivity index (χ4v) is 3.65. The molecule has 1 aliphatic carbocycles. The molecule has 1 heterocycles. The molecule has 1 saturated carbocycles. The van der Waals surface area contributed by atoms with Gasteiger partial charge >= 0.3 is 0 Å². The highest BCUT2D eigenvalue weighted by molar-refractivity contribution is 9.10. The minimum Gasteiger partial charge on any atom is -0.390 e. The van der Waals surface area contributed by atoms with Gasteiger partial charge in [-0.3, -0.25) is 0 Å². The second kappa shape index (κ2) is 4.53. The van der Waals surface area contributed by atoms with Crippen LogP contribution < -0.4 is 0 Å². The minimum absolute atomic E-state index is 0.562. The lowest BCUT2D eigenvalue weighted by Gasteiger charge is -2.28. The van der Waals surface area contributed by atoms with Crippen LogP contribution in [-0.2, 0) is 6.42 Å². The lowest BCUT2D eigenvalue weighted by molar-refractivity contribution is -0.0686. The van der Waals surface area contributed by atoms with Crippen LogP contribution in [0.15, 0.2) is 15.9 Å². The number of thiophene rings is 1. The van der Waals surface area contributed by atoms with Gasteiger partial charge in [0.25, 0.3) is 0 Å². The van der Waals surface area contributed by atoms with E-state index >= 15 is 0 Å². The van der Waals surface area contributed by atoms with Gasteiger partial charge in [-0.1, -0.05) is 12.8 Å². The Morgan fingerprint density at radius 3 is 2.67 bits per heavy atom. The molecule has 1 aliphatic rings. The first kappa shape index (κ1) is 11.6. The van der Waals surface area contributed by atoms with Crippen molar-refractivity contribution in [3.63, 3.8) is 0 Å². The van der Waals surface area contributed by atoms with Gasteiger partial charge in [0.1, 0.15) is 0 Å². The van der Waals surface area contributed by atoms with Crippen LogP contribution in [0.5, 0.6) is 0 Å². The fourth-order valence-electron chi connectivity index (χ4n) is 2.16. The molecule has 0 aromatic carbocycles. The molecule has 4 heteroatoms. The van der Waals surface area contributed by atoms with Gasteiger partial charge in [-0.05, 0) is 34.8 Å². The van der Waals surface area contributed by atoms with E-state index in [0.717, 1.165) is 35.0 Å². The topological polar surface area (TPSA) is 40.5 Å².